The van der Waals surface area contributed by atoms with Crippen molar-refractivity contribution in [1.29, 1.82) is 0 Å². The van der Waals surface area contributed by atoms with Gasteiger partial charge in [0.1, 0.15) is 0 Å². The van der Waals surface area contributed by atoms with Crippen molar-refractivity contribution in [1.82, 2.24) is 5.32 Å². The predicted octanol–water partition coefficient (Wildman–Crippen LogP) is 3.80. The zero-order chi connectivity index (χ0) is 11.3. The van der Waals surface area contributed by atoms with Gasteiger partial charge in [0.05, 0.1) is 5.02 Å². The normalized spacial score (nSPS) is 9.80. The molecule has 0 radical (unpaired) electrons. The van der Waals surface area contributed by atoms with Crippen molar-refractivity contribution < 1.29 is 0 Å². The lowest BCUT2D eigenvalue weighted by molar-refractivity contribution is 0.846. The molecule has 1 aromatic rings. The van der Waals surface area contributed by atoms with Crippen LogP contribution in [0.5, 0.6) is 0 Å². The molecule has 0 atom stereocenters. The van der Waals surface area contributed by atoms with Gasteiger partial charge in [-0.3, -0.25) is 0 Å². The molecule has 0 aliphatic rings. The Labute approximate surface area is 109 Å². The summed E-state index contributed by atoms with van der Waals surface area (Å²) in [7, 11) is 0. The molecule has 0 saturated heterocycles. The lowest BCUT2D eigenvalue weighted by Gasteiger charge is -2.10. The second kappa shape index (κ2) is 6.30. The van der Waals surface area contributed by atoms with Crippen molar-refractivity contribution >= 4 is 50.5 Å². The summed E-state index contributed by atoms with van der Waals surface area (Å²) >= 11 is 14.4. The number of thiocarbonyl (C=S) groups is 1. The third-order valence-electron chi connectivity index (χ3n) is 1.71. The monoisotopic (exact) mass is 306 g/mol. The molecular formula is C10H12BrClN2S. The minimum atomic E-state index is 0.621. The maximum Gasteiger partial charge on any atom is 0.170 e. The smallest absolute Gasteiger partial charge is 0.170 e. The van der Waals surface area contributed by atoms with E-state index in [0.717, 1.165) is 23.1 Å². The quantitative estimate of drug-likeness (QED) is 0.831. The van der Waals surface area contributed by atoms with Crippen LogP contribution in [0.3, 0.4) is 0 Å². The highest BCUT2D eigenvalue weighted by molar-refractivity contribution is 9.10. The first-order valence-corrected chi connectivity index (χ1v) is 6.21. The Morgan fingerprint density at radius 2 is 2.27 bits per heavy atom. The highest BCUT2D eigenvalue weighted by Crippen LogP contribution is 2.25. The van der Waals surface area contributed by atoms with Crippen LogP contribution in [0.4, 0.5) is 5.69 Å². The molecule has 0 aliphatic carbocycles. The lowest BCUT2D eigenvalue weighted by atomic mass is 10.3. The molecule has 0 heterocycles. The van der Waals surface area contributed by atoms with Crippen LogP contribution in [0.2, 0.25) is 5.02 Å². The molecule has 0 saturated carbocycles. The highest BCUT2D eigenvalue weighted by Gasteiger charge is 2.00. The summed E-state index contributed by atoms with van der Waals surface area (Å²) < 4.78 is 0.877. The first kappa shape index (κ1) is 12.7. The van der Waals surface area contributed by atoms with E-state index < -0.39 is 0 Å². The van der Waals surface area contributed by atoms with E-state index in [1.54, 1.807) is 0 Å². The topological polar surface area (TPSA) is 24.1 Å². The fourth-order valence-corrected chi connectivity index (χ4v) is 1.63. The summed E-state index contributed by atoms with van der Waals surface area (Å²) in [6, 6.07) is 5.62. The zero-order valence-electron chi connectivity index (χ0n) is 8.31. The predicted molar refractivity (Wildman–Crippen MR) is 73.7 cm³/mol. The Hall–Kier alpha value is -0.320. The minimum Gasteiger partial charge on any atom is -0.362 e. The number of halogens is 2. The molecule has 2 nitrogen and oxygen atoms in total. The summed E-state index contributed by atoms with van der Waals surface area (Å²) in [6.07, 6.45) is 1.04. The zero-order valence-corrected chi connectivity index (χ0v) is 11.5. The molecule has 0 unspecified atom stereocenters. The van der Waals surface area contributed by atoms with Crippen molar-refractivity contribution in [2.45, 2.75) is 13.3 Å². The first-order chi connectivity index (χ1) is 7.13. The van der Waals surface area contributed by atoms with E-state index in [2.05, 4.69) is 33.5 Å². The van der Waals surface area contributed by atoms with E-state index in [0.29, 0.717) is 10.1 Å². The Kier molecular flexibility index (Phi) is 5.36. The maximum atomic E-state index is 5.95. The van der Waals surface area contributed by atoms with Crippen LogP contribution in [0.1, 0.15) is 13.3 Å². The van der Waals surface area contributed by atoms with Crippen LogP contribution in [0, 0.1) is 0 Å². The van der Waals surface area contributed by atoms with Gasteiger partial charge in [0, 0.05) is 16.7 Å². The Morgan fingerprint density at radius 3 is 2.87 bits per heavy atom. The van der Waals surface area contributed by atoms with Crippen molar-refractivity contribution in [3.05, 3.63) is 27.7 Å². The minimum absolute atomic E-state index is 0.621. The summed E-state index contributed by atoms with van der Waals surface area (Å²) in [6.45, 7) is 2.96. The van der Waals surface area contributed by atoms with Crippen LogP contribution >= 0.6 is 39.7 Å². The fourth-order valence-electron chi connectivity index (χ4n) is 0.988. The molecule has 0 bridgehead atoms. The van der Waals surface area contributed by atoms with E-state index in [1.165, 1.54) is 0 Å². The Bertz CT molecular complexity index is 357. The molecule has 0 aliphatic heterocycles. The molecule has 1 rings (SSSR count). The van der Waals surface area contributed by atoms with E-state index in [4.69, 9.17) is 23.8 Å². The van der Waals surface area contributed by atoms with E-state index >= 15 is 0 Å². The number of hydrogen-bond donors (Lipinski definition) is 2. The Morgan fingerprint density at radius 1 is 1.53 bits per heavy atom. The van der Waals surface area contributed by atoms with Gasteiger partial charge in [-0.2, -0.15) is 0 Å². The maximum absolute atomic E-state index is 5.95. The van der Waals surface area contributed by atoms with Crippen molar-refractivity contribution in [3.63, 3.8) is 0 Å². The molecular weight excluding hydrogens is 296 g/mol. The average Bonchev–Trinajstić information content (AvgIpc) is 2.20. The van der Waals surface area contributed by atoms with Gasteiger partial charge in [-0.05, 0) is 52.8 Å². The molecule has 82 valence electrons. The van der Waals surface area contributed by atoms with E-state index in [-0.39, 0.29) is 0 Å². The average molecular weight is 308 g/mol. The van der Waals surface area contributed by atoms with Gasteiger partial charge >= 0.3 is 0 Å². The number of rotatable bonds is 3. The van der Waals surface area contributed by atoms with Gasteiger partial charge in [-0.15, -0.1) is 0 Å². The molecule has 15 heavy (non-hydrogen) atoms. The summed E-state index contributed by atoms with van der Waals surface area (Å²) in [4.78, 5) is 0. The molecule has 0 aromatic heterocycles. The van der Waals surface area contributed by atoms with Crippen LogP contribution in [0.15, 0.2) is 22.7 Å². The third kappa shape index (κ3) is 4.36. The van der Waals surface area contributed by atoms with Gasteiger partial charge in [-0.1, -0.05) is 18.5 Å². The lowest BCUT2D eigenvalue weighted by Crippen LogP contribution is -2.28. The second-order valence-corrected chi connectivity index (χ2v) is 4.68. The van der Waals surface area contributed by atoms with E-state index in [9.17, 15) is 0 Å². The molecule has 2 N–H and O–H groups in total. The molecule has 0 spiro atoms. The third-order valence-corrected chi connectivity index (χ3v) is 3.19. The summed E-state index contributed by atoms with van der Waals surface area (Å²) in [5.41, 5.74) is 0.886. The van der Waals surface area contributed by atoms with Gasteiger partial charge < -0.3 is 10.6 Å². The van der Waals surface area contributed by atoms with Crippen LogP contribution in [-0.2, 0) is 0 Å². The van der Waals surface area contributed by atoms with Gasteiger partial charge in [0.2, 0.25) is 0 Å². The molecule has 0 fully saturated rings. The van der Waals surface area contributed by atoms with Crippen molar-refractivity contribution in [3.8, 4) is 0 Å². The molecule has 0 amide bonds. The Balaban J connectivity index is 2.57. The molecule has 5 heteroatoms. The van der Waals surface area contributed by atoms with Gasteiger partial charge in [0.15, 0.2) is 5.11 Å². The standard InChI is InChI=1S/C10H12BrClN2S/c1-2-5-13-10(15)14-7-3-4-8(11)9(12)6-7/h3-4,6H,2,5H2,1H3,(H2,13,14,15). The van der Waals surface area contributed by atoms with Gasteiger partial charge in [-0.25, -0.2) is 0 Å². The van der Waals surface area contributed by atoms with Crippen molar-refractivity contribution in [2.75, 3.05) is 11.9 Å². The molecule has 1 aromatic carbocycles. The number of nitrogens with one attached hydrogen (secondary N) is 2. The second-order valence-electron chi connectivity index (χ2n) is 3.01. The van der Waals surface area contributed by atoms with Crippen LogP contribution < -0.4 is 10.6 Å². The van der Waals surface area contributed by atoms with Crippen molar-refractivity contribution in [2.24, 2.45) is 0 Å². The highest BCUT2D eigenvalue weighted by atomic mass is 79.9. The SMILES string of the molecule is CCCNC(=S)Nc1ccc(Br)c(Cl)c1. The number of anilines is 1. The van der Waals surface area contributed by atoms with Crippen LogP contribution in [0.25, 0.3) is 0 Å². The largest absolute Gasteiger partial charge is 0.362 e. The first-order valence-electron chi connectivity index (χ1n) is 4.63. The fraction of sp³-hybridized carbons (Fsp3) is 0.300. The van der Waals surface area contributed by atoms with Gasteiger partial charge in [0.25, 0.3) is 0 Å². The number of benzene rings is 1. The summed E-state index contributed by atoms with van der Waals surface area (Å²) in [5, 5.41) is 7.43. The summed E-state index contributed by atoms with van der Waals surface area (Å²) in [5.74, 6) is 0. The van der Waals surface area contributed by atoms with E-state index in [1.807, 2.05) is 18.2 Å². The van der Waals surface area contributed by atoms with Crippen LogP contribution in [-0.4, -0.2) is 11.7 Å². The number of hydrogen-bond acceptors (Lipinski definition) is 1.